The maximum absolute atomic E-state index is 13.4. The SMILES string of the molecule is O=C(O)CCN(C(=O)c1cc(F)cc([N+](=O)[O-])c1)C1CC1. The van der Waals surface area contributed by atoms with Crippen LogP contribution in [0.2, 0.25) is 0 Å². The molecule has 1 aliphatic carbocycles. The highest BCUT2D eigenvalue weighted by molar-refractivity contribution is 5.95. The number of aliphatic carboxylic acids is 1. The number of carbonyl (C=O) groups is 2. The molecule has 8 heteroatoms. The fourth-order valence-electron chi connectivity index (χ4n) is 2.02. The fourth-order valence-corrected chi connectivity index (χ4v) is 2.02. The van der Waals surface area contributed by atoms with Gasteiger partial charge in [0.05, 0.1) is 17.4 Å². The van der Waals surface area contributed by atoms with Gasteiger partial charge in [0.1, 0.15) is 5.82 Å². The van der Waals surface area contributed by atoms with E-state index in [4.69, 9.17) is 5.11 Å². The third kappa shape index (κ3) is 3.74. The maximum atomic E-state index is 13.4. The number of halogens is 1. The minimum atomic E-state index is -1.04. The molecular formula is C13H13FN2O5. The molecule has 0 aromatic heterocycles. The van der Waals surface area contributed by atoms with Crippen LogP contribution < -0.4 is 0 Å². The number of carbonyl (C=O) groups excluding carboxylic acids is 1. The van der Waals surface area contributed by atoms with Gasteiger partial charge < -0.3 is 10.0 Å². The Morgan fingerprint density at radius 2 is 2.05 bits per heavy atom. The van der Waals surface area contributed by atoms with Gasteiger partial charge in [0, 0.05) is 24.2 Å². The van der Waals surface area contributed by atoms with E-state index in [1.54, 1.807) is 0 Å². The second-order valence-corrected chi connectivity index (χ2v) is 4.83. The van der Waals surface area contributed by atoms with Crippen molar-refractivity contribution in [2.75, 3.05) is 6.54 Å². The Hall–Kier alpha value is -2.51. The van der Waals surface area contributed by atoms with Crippen molar-refractivity contribution in [2.24, 2.45) is 0 Å². The lowest BCUT2D eigenvalue weighted by molar-refractivity contribution is -0.385. The molecule has 1 N–H and O–H groups in total. The van der Waals surface area contributed by atoms with E-state index in [-0.39, 0.29) is 24.6 Å². The molecule has 1 aromatic rings. The van der Waals surface area contributed by atoms with Gasteiger partial charge in [0.15, 0.2) is 0 Å². The average Bonchev–Trinajstić information content (AvgIpc) is 3.22. The third-order valence-electron chi connectivity index (χ3n) is 3.16. The van der Waals surface area contributed by atoms with Gasteiger partial charge in [-0.25, -0.2) is 4.39 Å². The summed E-state index contributed by atoms with van der Waals surface area (Å²) in [5.41, 5.74) is -0.647. The Balaban J connectivity index is 2.23. The zero-order valence-corrected chi connectivity index (χ0v) is 11.0. The monoisotopic (exact) mass is 296 g/mol. The summed E-state index contributed by atoms with van der Waals surface area (Å²) < 4.78 is 13.4. The second-order valence-electron chi connectivity index (χ2n) is 4.83. The van der Waals surface area contributed by atoms with Crippen molar-refractivity contribution >= 4 is 17.6 Å². The topological polar surface area (TPSA) is 101 Å². The van der Waals surface area contributed by atoms with E-state index in [9.17, 15) is 24.1 Å². The first-order valence-corrected chi connectivity index (χ1v) is 6.36. The van der Waals surface area contributed by atoms with E-state index < -0.39 is 28.3 Å². The average molecular weight is 296 g/mol. The van der Waals surface area contributed by atoms with Crippen LogP contribution in [0, 0.1) is 15.9 Å². The number of benzene rings is 1. The molecule has 21 heavy (non-hydrogen) atoms. The van der Waals surface area contributed by atoms with Crippen LogP contribution in [-0.2, 0) is 4.79 Å². The molecule has 1 aliphatic rings. The molecule has 0 heterocycles. The molecule has 0 bridgehead atoms. The number of hydrogen-bond donors (Lipinski definition) is 1. The molecule has 112 valence electrons. The van der Waals surface area contributed by atoms with Crippen LogP contribution in [0.5, 0.6) is 0 Å². The zero-order valence-electron chi connectivity index (χ0n) is 11.0. The van der Waals surface area contributed by atoms with Crippen molar-refractivity contribution < 1.29 is 24.0 Å². The molecule has 1 aromatic carbocycles. The minimum absolute atomic E-state index is 0.00312. The van der Waals surface area contributed by atoms with Crippen molar-refractivity contribution in [3.05, 3.63) is 39.7 Å². The lowest BCUT2D eigenvalue weighted by atomic mass is 10.1. The Bertz CT molecular complexity index is 600. The smallest absolute Gasteiger partial charge is 0.305 e. The van der Waals surface area contributed by atoms with Crippen LogP contribution >= 0.6 is 0 Å². The molecule has 0 radical (unpaired) electrons. The first-order valence-electron chi connectivity index (χ1n) is 6.36. The number of nitro benzene ring substituents is 1. The van der Waals surface area contributed by atoms with Gasteiger partial charge in [-0.2, -0.15) is 0 Å². The number of nitro groups is 1. The van der Waals surface area contributed by atoms with Crippen molar-refractivity contribution in [1.29, 1.82) is 0 Å². The minimum Gasteiger partial charge on any atom is -0.481 e. The van der Waals surface area contributed by atoms with Crippen molar-refractivity contribution in [3.8, 4) is 0 Å². The van der Waals surface area contributed by atoms with Crippen LogP contribution in [0.3, 0.4) is 0 Å². The van der Waals surface area contributed by atoms with E-state index in [0.29, 0.717) is 0 Å². The standard InChI is InChI=1S/C13H13FN2O5/c14-9-5-8(6-11(7-9)16(20)21)13(19)15(10-1-2-10)4-3-12(17)18/h5-7,10H,1-4H2,(H,17,18). The van der Waals surface area contributed by atoms with Gasteiger partial charge in [0.25, 0.3) is 11.6 Å². The molecule has 1 fully saturated rings. The van der Waals surface area contributed by atoms with Crippen LogP contribution in [0.25, 0.3) is 0 Å². The summed E-state index contributed by atoms with van der Waals surface area (Å²) in [4.78, 5) is 34.2. The van der Waals surface area contributed by atoms with Crippen LogP contribution in [-0.4, -0.2) is 39.4 Å². The molecule has 0 atom stereocenters. The van der Waals surface area contributed by atoms with E-state index >= 15 is 0 Å². The first kappa shape index (κ1) is 14.9. The molecule has 0 unspecified atom stereocenters. The maximum Gasteiger partial charge on any atom is 0.305 e. The van der Waals surface area contributed by atoms with Crippen molar-refractivity contribution in [2.45, 2.75) is 25.3 Å². The molecule has 1 saturated carbocycles. The van der Waals surface area contributed by atoms with Gasteiger partial charge in [-0.05, 0) is 18.9 Å². The van der Waals surface area contributed by atoms with E-state index in [1.807, 2.05) is 0 Å². The summed E-state index contributed by atoms with van der Waals surface area (Å²) in [6.07, 6.45) is 1.28. The Kier molecular flexibility index (Phi) is 4.15. The highest BCUT2D eigenvalue weighted by atomic mass is 19.1. The summed E-state index contributed by atoms with van der Waals surface area (Å²) in [6.45, 7) is 0.00312. The van der Waals surface area contributed by atoms with Crippen LogP contribution in [0.15, 0.2) is 18.2 Å². The largest absolute Gasteiger partial charge is 0.481 e. The molecule has 0 saturated heterocycles. The molecule has 7 nitrogen and oxygen atoms in total. The number of carboxylic acids is 1. The lowest BCUT2D eigenvalue weighted by Gasteiger charge is -2.21. The molecule has 0 spiro atoms. The van der Waals surface area contributed by atoms with Gasteiger partial charge in [-0.3, -0.25) is 19.7 Å². The summed E-state index contributed by atoms with van der Waals surface area (Å²) in [5, 5.41) is 19.4. The summed E-state index contributed by atoms with van der Waals surface area (Å²) >= 11 is 0. The van der Waals surface area contributed by atoms with Crippen LogP contribution in [0.4, 0.5) is 10.1 Å². The second kappa shape index (κ2) is 5.86. The summed E-state index contributed by atoms with van der Waals surface area (Å²) in [6, 6.07) is 2.59. The number of carboxylic acid groups (broad SMARTS) is 1. The third-order valence-corrected chi connectivity index (χ3v) is 3.16. The Morgan fingerprint density at radius 1 is 1.38 bits per heavy atom. The van der Waals surface area contributed by atoms with Gasteiger partial charge in [-0.1, -0.05) is 0 Å². The number of hydrogen-bond acceptors (Lipinski definition) is 4. The number of amides is 1. The molecule has 2 rings (SSSR count). The predicted octanol–water partition coefficient (Wildman–Crippen LogP) is 1.81. The van der Waals surface area contributed by atoms with Gasteiger partial charge >= 0.3 is 5.97 Å². The predicted molar refractivity (Wildman–Crippen MR) is 69.4 cm³/mol. The molecule has 1 amide bonds. The van der Waals surface area contributed by atoms with Crippen molar-refractivity contribution in [3.63, 3.8) is 0 Å². The van der Waals surface area contributed by atoms with E-state index in [2.05, 4.69) is 0 Å². The Labute approximate surface area is 119 Å². The summed E-state index contributed by atoms with van der Waals surface area (Å²) in [5.74, 6) is -2.50. The highest BCUT2D eigenvalue weighted by Gasteiger charge is 2.33. The number of nitrogens with zero attached hydrogens (tertiary/aromatic N) is 2. The fraction of sp³-hybridized carbons (Fsp3) is 0.385. The highest BCUT2D eigenvalue weighted by Crippen LogP contribution is 2.29. The first-order chi connectivity index (χ1) is 9.88. The van der Waals surface area contributed by atoms with E-state index in [1.165, 1.54) is 4.90 Å². The quantitative estimate of drug-likeness (QED) is 0.637. The van der Waals surface area contributed by atoms with Crippen molar-refractivity contribution in [1.82, 2.24) is 4.90 Å². The number of non-ortho nitro benzene ring substituents is 1. The summed E-state index contributed by atoms with van der Waals surface area (Å²) in [7, 11) is 0. The molecule has 0 aliphatic heterocycles. The van der Waals surface area contributed by atoms with Crippen LogP contribution in [0.1, 0.15) is 29.6 Å². The Morgan fingerprint density at radius 3 is 2.57 bits per heavy atom. The normalized spacial score (nSPS) is 13.8. The number of rotatable bonds is 6. The van der Waals surface area contributed by atoms with E-state index in [0.717, 1.165) is 31.0 Å². The lowest BCUT2D eigenvalue weighted by Crippen LogP contribution is -2.35. The van der Waals surface area contributed by atoms with Gasteiger partial charge in [0.2, 0.25) is 0 Å². The zero-order chi connectivity index (χ0) is 15.6. The van der Waals surface area contributed by atoms with Gasteiger partial charge in [-0.15, -0.1) is 0 Å². The molecular weight excluding hydrogens is 283 g/mol.